The molecule has 5 rings (SSSR count). The van der Waals surface area contributed by atoms with E-state index in [-0.39, 0.29) is 11.7 Å². The molecule has 1 amide bonds. The van der Waals surface area contributed by atoms with E-state index in [1.807, 2.05) is 36.4 Å². The zero-order chi connectivity index (χ0) is 25.1. The number of aryl methyl sites for hydroxylation is 1. The highest BCUT2D eigenvalue weighted by Crippen LogP contribution is 2.28. The minimum atomic E-state index is -0.103. The molecule has 0 saturated heterocycles. The SMILES string of the molecule is Cc1ccccc1Cn1c2ccccc2c2nnc(SCC(=O)NCCc3ccc(Cl)cc3Cl)nc21. The van der Waals surface area contributed by atoms with Gasteiger partial charge in [-0.2, -0.15) is 0 Å². The molecule has 9 heteroatoms. The van der Waals surface area contributed by atoms with Gasteiger partial charge in [-0.3, -0.25) is 4.79 Å². The highest BCUT2D eigenvalue weighted by atomic mass is 35.5. The first-order valence-corrected chi connectivity index (χ1v) is 13.2. The van der Waals surface area contributed by atoms with Crippen LogP contribution >= 0.6 is 35.0 Å². The van der Waals surface area contributed by atoms with Gasteiger partial charge in [-0.15, -0.1) is 10.2 Å². The number of fused-ring (bicyclic) bond motifs is 3. The maximum atomic E-state index is 12.4. The van der Waals surface area contributed by atoms with Crippen LogP contribution in [0.2, 0.25) is 10.0 Å². The summed E-state index contributed by atoms with van der Waals surface area (Å²) in [7, 11) is 0. The van der Waals surface area contributed by atoms with Crippen LogP contribution in [0.15, 0.2) is 71.9 Å². The van der Waals surface area contributed by atoms with Gasteiger partial charge in [-0.05, 0) is 48.2 Å². The molecule has 0 radical (unpaired) electrons. The Morgan fingerprint density at radius 3 is 2.64 bits per heavy atom. The minimum Gasteiger partial charge on any atom is -0.355 e. The summed E-state index contributed by atoms with van der Waals surface area (Å²) < 4.78 is 2.17. The van der Waals surface area contributed by atoms with Crippen LogP contribution < -0.4 is 5.32 Å². The molecule has 5 aromatic rings. The monoisotopic (exact) mass is 535 g/mol. The molecule has 2 heterocycles. The Morgan fingerprint density at radius 1 is 1.00 bits per heavy atom. The van der Waals surface area contributed by atoms with Gasteiger partial charge in [-0.1, -0.05) is 83.5 Å². The quantitative estimate of drug-likeness (QED) is 0.243. The third kappa shape index (κ3) is 5.33. The molecule has 182 valence electrons. The van der Waals surface area contributed by atoms with Crippen molar-refractivity contribution in [2.24, 2.45) is 0 Å². The Hall–Kier alpha value is -3.13. The van der Waals surface area contributed by atoms with Crippen molar-refractivity contribution < 1.29 is 4.79 Å². The van der Waals surface area contributed by atoms with E-state index >= 15 is 0 Å². The molecule has 0 atom stereocenters. The van der Waals surface area contributed by atoms with Gasteiger partial charge in [0.15, 0.2) is 5.65 Å². The number of nitrogens with one attached hydrogen (secondary N) is 1. The maximum Gasteiger partial charge on any atom is 0.230 e. The molecule has 0 unspecified atom stereocenters. The van der Waals surface area contributed by atoms with Crippen molar-refractivity contribution in [3.8, 4) is 0 Å². The number of thioether (sulfide) groups is 1. The summed E-state index contributed by atoms with van der Waals surface area (Å²) >= 11 is 13.4. The fourth-order valence-corrected chi connectivity index (χ4v) is 5.23. The van der Waals surface area contributed by atoms with Crippen molar-refractivity contribution in [1.29, 1.82) is 0 Å². The number of rotatable bonds is 8. The maximum absolute atomic E-state index is 12.4. The second-order valence-corrected chi connectivity index (χ2v) is 10.2. The van der Waals surface area contributed by atoms with Crippen molar-refractivity contribution in [3.05, 3.63) is 93.5 Å². The van der Waals surface area contributed by atoms with Crippen molar-refractivity contribution in [3.63, 3.8) is 0 Å². The Bertz CT molecular complexity index is 1570. The van der Waals surface area contributed by atoms with E-state index in [0.29, 0.717) is 34.7 Å². The summed E-state index contributed by atoms with van der Waals surface area (Å²) in [5.74, 6) is 0.0914. The molecule has 36 heavy (non-hydrogen) atoms. The predicted octanol–water partition coefficient (Wildman–Crippen LogP) is 6.09. The average molecular weight is 536 g/mol. The Kier molecular flexibility index (Phi) is 7.41. The Balaban J connectivity index is 1.30. The highest BCUT2D eigenvalue weighted by molar-refractivity contribution is 7.99. The van der Waals surface area contributed by atoms with Gasteiger partial charge in [0.25, 0.3) is 0 Å². The van der Waals surface area contributed by atoms with Gasteiger partial charge < -0.3 is 9.88 Å². The van der Waals surface area contributed by atoms with Crippen molar-refractivity contribution in [2.75, 3.05) is 12.3 Å². The van der Waals surface area contributed by atoms with E-state index in [1.54, 1.807) is 12.1 Å². The zero-order valence-electron chi connectivity index (χ0n) is 19.5. The minimum absolute atomic E-state index is 0.103. The molecule has 2 aromatic heterocycles. The summed E-state index contributed by atoms with van der Waals surface area (Å²) in [5, 5.41) is 14.4. The lowest BCUT2D eigenvalue weighted by atomic mass is 10.1. The molecule has 0 aliphatic carbocycles. The summed E-state index contributed by atoms with van der Waals surface area (Å²) in [5.41, 5.74) is 5.94. The molecule has 0 spiro atoms. The molecule has 6 nitrogen and oxygen atoms in total. The molecule has 3 aromatic carbocycles. The van der Waals surface area contributed by atoms with Gasteiger partial charge in [0, 0.05) is 28.5 Å². The van der Waals surface area contributed by atoms with E-state index in [2.05, 4.69) is 45.2 Å². The molecule has 0 saturated carbocycles. The lowest BCUT2D eigenvalue weighted by molar-refractivity contribution is -0.118. The van der Waals surface area contributed by atoms with Gasteiger partial charge in [0.2, 0.25) is 11.1 Å². The molecule has 0 aliphatic rings. The number of halogens is 2. The first-order valence-electron chi connectivity index (χ1n) is 11.5. The van der Waals surface area contributed by atoms with Crippen molar-refractivity contribution in [1.82, 2.24) is 25.1 Å². The van der Waals surface area contributed by atoms with Gasteiger partial charge >= 0.3 is 0 Å². The molecule has 0 aliphatic heterocycles. The number of para-hydroxylation sites is 1. The Morgan fingerprint density at radius 2 is 1.81 bits per heavy atom. The number of nitrogens with zero attached hydrogens (tertiary/aromatic N) is 4. The number of aromatic nitrogens is 4. The van der Waals surface area contributed by atoms with Gasteiger partial charge in [0.05, 0.1) is 11.3 Å². The fraction of sp³-hybridized carbons (Fsp3) is 0.185. The van der Waals surface area contributed by atoms with Crippen LogP contribution in [-0.2, 0) is 17.8 Å². The average Bonchev–Trinajstić information content (AvgIpc) is 3.18. The van der Waals surface area contributed by atoms with Crippen LogP contribution in [-0.4, -0.2) is 38.0 Å². The number of amides is 1. The highest BCUT2D eigenvalue weighted by Gasteiger charge is 2.16. The number of hydrogen-bond donors (Lipinski definition) is 1. The fourth-order valence-electron chi connectivity index (χ4n) is 4.11. The van der Waals surface area contributed by atoms with Crippen LogP contribution in [0.1, 0.15) is 16.7 Å². The second-order valence-electron chi connectivity index (χ2n) is 8.42. The van der Waals surface area contributed by atoms with E-state index in [0.717, 1.165) is 27.6 Å². The second kappa shape index (κ2) is 10.9. The zero-order valence-corrected chi connectivity index (χ0v) is 21.9. The topological polar surface area (TPSA) is 72.7 Å². The van der Waals surface area contributed by atoms with Crippen LogP contribution in [0.5, 0.6) is 0 Å². The van der Waals surface area contributed by atoms with Gasteiger partial charge in [0.1, 0.15) is 5.52 Å². The van der Waals surface area contributed by atoms with Gasteiger partial charge in [-0.25, -0.2) is 4.98 Å². The van der Waals surface area contributed by atoms with Crippen LogP contribution in [0.25, 0.3) is 22.1 Å². The molecular weight excluding hydrogens is 513 g/mol. The third-order valence-corrected chi connectivity index (χ3v) is 7.43. The first-order chi connectivity index (χ1) is 17.5. The van der Waals surface area contributed by atoms with Crippen LogP contribution in [0.4, 0.5) is 0 Å². The van der Waals surface area contributed by atoms with Crippen LogP contribution in [0, 0.1) is 6.92 Å². The standard InChI is InChI=1S/C27H23Cl2N5OS/c1-17-6-2-3-7-19(17)15-34-23-9-5-4-8-21(23)25-26(34)31-27(33-32-25)36-16-24(35)30-13-12-18-10-11-20(28)14-22(18)29/h2-11,14H,12-13,15-16H2,1H3,(H,30,35). The first kappa shape index (κ1) is 24.6. The summed E-state index contributed by atoms with van der Waals surface area (Å²) in [6.45, 7) is 3.26. The lowest BCUT2D eigenvalue weighted by Gasteiger charge is -2.10. The van der Waals surface area contributed by atoms with E-state index < -0.39 is 0 Å². The van der Waals surface area contributed by atoms with Crippen LogP contribution in [0.3, 0.4) is 0 Å². The number of carbonyl (C=O) groups is 1. The number of benzene rings is 3. The smallest absolute Gasteiger partial charge is 0.230 e. The normalized spacial score (nSPS) is 11.3. The lowest BCUT2D eigenvalue weighted by Crippen LogP contribution is -2.27. The van der Waals surface area contributed by atoms with E-state index in [9.17, 15) is 4.79 Å². The molecule has 0 bridgehead atoms. The number of hydrogen-bond acceptors (Lipinski definition) is 5. The summed E-state index contributed by atoms with van der Waals surface area (Å²) in [4.78, 5) is 17.2. The summed E-state index contributed by atoms with van der Waals surface area (Å²) in [6, 6.07) is 21.8. The number of carbonyl (C=O) groups excluding carboxylic acids is 1. The van der Waals surface area contributed by atoms with Crippen molar-refractivity contribution in [2.45, 2.75) is 25.0 Å². The van der Waals surface area contributed by atoms with E-state index in [4.69, 9.17) is 28.2 Å². The third-order valence-electron chi connectivity index (χ3n) is 6.01. The predicted molar refractivity (Wildman–Crippen MR) is 147 cm³/mol. The largest absolute Gasteiger partial charge is 0.355 e. The summed E-state index contributed by atoms with van der Waals surface area (Å²) in [6.07, 6.45) is 0.620. The molecular formula is C27H23Cl2N5OS. The van der Waals surface area contributed by atoms with Crippen molar-refractivity contribution >= 4 is 62.9 Å². The molecule has 1 N–H and O–H groups in total. The molecule has 0 fully saturated rings. The van der Waals surface area contributed by atoms with E-state index in [1.165, 1.54) is 22.9 Å². The Labute approximate surface area is 223 Å².